The Morgan fingerprint density at radius 1 is 0.540 bits per heavy atom. The number of phosphoric acid groups is 1. The number of carboxylic acids is 1. The van der Waals surface area contributed by atoms with Gasteiger partial charge in [0, 0.05) is 12.8 Å². The van der Waals surface area contributed by atoms with E-state index in [0.717, 1.165) is 38.5 Å². The van der Waals surface area contributed by atoms with Gasteiger partial charge < -0.3 is 25.2 Å². The molecular weight excluding hydrogens is 661 g/mol. The second-order valence-electron chi connectivity index (χ2n) is 13.8. The predicted octanol–water partition coefficient (Wildman–Crippen LogP) is 9.95. The summed E-state index contributed by atoms with van der Waals surface area (Å²) < 4.78 is 32.6. The molecule has 0 aliphatic heterocycles. The maximum absolute atomic E-state index is 12.6. The van der Waals surface area contributed by atoms with Crippen LogP contribution in [0.3, 0.4) is 0 Å². The third kappa shape index (κ3) is 33.6. The fourth-order valence-corrected chi connectivity index (χ4v) is 6.43. The van der Waals surface area contributed by atoms with Crippen LogP contribution in [-0.4, -0.2) is 59.9 Å². The van der Waals surface area contributed by atoms with Crippen molar-refractivity contribution in [3.8, 4) is 0 Å². The molecule has 0 bridgehead atoms. The highest BCUT2D eigenvalue weighted by Gasteiger charge is 2.28. The van der Waals surface area contributed by atoms with Crippen molar-refractivity contribution < 1.29 is 47.5 Å². The van der Waals surface area contributed by atoms with Crippen LogP contribution in [0.4, 0.5) is 0 Å². The Morgan fingerprint density at radius 3 is 1.26 bits per heavy atom. The van der Waals surface area contributed by atoms with E-state index in [1.807, 2.05) is 0 Å². The molecule has 0 aliphatic carbocycles. The maximum atomic E-state index is 12.6. The average molecular weight is 736 g/mol. The number of carbonyl (C=O) groups excluding carboxylic acids is 2. The van der Waals surface area contributed by atoms with Gasteiger partial charge in [-0.05, 0) is 12.8 Å². The summed E-state index contributed by atoms with van der Waals surface area (Å²) in [5.41, 5.74) is 5.32. The van der Waals surface area contributed by atoms with Gasteiger partial charge in [0.2, 0.25) is 0 Å². The Hall–Kier alpha value is -1.52. The van der Waals surface area contributed by atoms with Crippen molar-refractivity contribution in [2.45, 2.75) is 206 Å². The lowest BCUT2D eigenvalue weighted by molar-refractivity contribution is -0.161. The summed E-state index contributed by atoms with van der Waals surface area (Å²) in [7, 11) is -4.70. The molecule has 4 N–H and O–H groups in total. The Balaban J connectivity index is 4.37. The zero-order valence-electron chi connectivity index (χ0n) is 31.8. The van der Waals surface area contributed by atoms with Crippen molar-refractivity contribution in [1.82, 2.24) is 0 Å². The van der Waals surface area contributed by atoms with E-state index in [0.29, 0.717) is 12.8 Å². The number of nitrogens with two attached hydrogens (primary N) is 1. The SMILES string of the molecule is CCCCCCCCCCCCCCCCCC(=O)OC(COC(=O)CCCCCCCCCCCCC)COP(=O)(O)OCC(N)C(=O)O. The molecule has 0 saturated carbocycles. The molecule has 0 fully saturated rings. The molecule has 0 rings (SSSR count). The van der Waals surface area contributed by atoms with Crippen molar-refractivity contribution >= 4 is 25.7 Å². The van der Waals surface area contributed by atoms with Crippen molar-refractivity contribution in [1.29, 1.82) is 0 Å². The van der Waals surface area contributed by atoms with E-state index >= 15 is 0 Å². The monoisotopic (exact) mass is 736 g/mol. The Kier molecular flexibility index (Phi) is 33.5. The zero-order valence-corrected chi connectivity index (χ0v) is 32.7. The van der Waals surface area contributed by atoms with Gasteiger partial charge in [-0.2, -0.15) is 0 Å². The topological polar surface area (TPSA) is 172 Å². The Bertz CT molecular complexity index is 875. The number of rotatable bonds is 38. The summed E-state index contributed by atoms with van der Waals surface area (Å²) >= 11 is 0. The average Bonchev–Trinajstić information content (AvgIpc) is 3.09. The number of ether oxygens (including phenoxy) is 2. The molecule has 12 heteroatoms. The number of carboxylic acid groups (broad SMARTS) is 1. The smallest absolute Gasteiger partial charge is 0.472 e. The molecule has 0 spiro atoms. The summed E-state index contributed by atoms with van der Waals surface area (Å²) in [6.45, 7) is 2.80. The van der Waals surface area contributed by atoms with Gasteiger partial charge in [-0.1, -0.05) is 168 Å². The van der Waals surface area contributed by atoms with E-state index < -0.39 is 51.1 Å². The van der Waals surface area contributed by atoms with Crippen LogP contribution in [0.1, 0.15) is 194 Å². The standard InChI is InChI=1S/C38H74NO10P/c1-3-5-7-9-11-13-15-16-17-18-20-22-24-26-28-30-37(41)49-34(32-47-50(44,45)48-33-35(39)38(42)43)31-46-36(40)29-27-25-23-21-19-14-12-10-8-6-4-2/h34-35H,3-33,39H2,1-2H3,(H,42,43)(H,44,45). The third-order valence-electron chi connectivity index (χ3n) is 8.86. The normalized spacial score (nSPS) is 13.8. The lowest BCUT2D eigenvalue weighted by Gasteiger charge is -2.20. The minimum atomic E-state index is -4.70. The minimum absolute atomic E-state index is 0.169. The number of hydrogen-bond acceptors (Lipinski definition) is 9. The lowest BCUT2D eigenvalue weighted by Crippen LogP contribution is -2.34. The first-order valence-corrected chi connectivity index (χ1v) is 21.6. The molecule has 0 aromatic carbocycles. The van der Waals surface area contributed by atoms with E-state index in [9.17, 15) is 23.8 Å². The number of aliphatic carboxylic acids is 1. The number of carbonyl (C=O) groups is 3. The summed E-state index contributed by atoms with van der Waals surface area (Å²) in [5, 5.41) is 8.86. The van der Waals surface area contributed by atoms with Gasteiger partial charge in [0.1, 0.15) is 12.6 Å². The first-order valence-electron chi connectivity index (χ1n) is 20.1. The highest BCUT2D eigenvalue weighted by molar-refractivity contribution is 7.47. The molecule has 0 amide bonds. The van der Waals surface area contributed by atoms with Gasteiger partial charge in [0.25, 0.3) is 0 Å². The van der Waals surface area contributed by atoms with Gasteiger partial charge in [-0.3, -0.25) is 23.4 Å². The number of unbranched alkanes of at least 4 members (excludes halogenated alkanes) is 24. The molecule has 3 atom stereocenters. The number of hydrogen-bond donors (Lipinski definition) is 3. The van der Waals surface area contributed by atoms with E-state index in [1.165, 1.54) is 116 Å². The first-order chi connectivity index (χ1) is 24.1. The van der Waals surface area contributed by atoms with Gasteiger partial charge in [-0.25, -0.2) is 4.57 Å². The van der Waals surface area contributed by atoms with Gasteiger partial charge in [-0.15, -0.1) is 0 Å². The van der Waals surface area contributed by atoms with Crippen LogP contribution in [0.5, 0.6) is 0 Å². The molecule has 0 saturated heterocycles. The van der Waals surface area contributed by atoms with Crippen LogP contribution in [0, 0.1) is 0 Å². The molecule has 0 aromatic rings. The Labute approximate surface area is 304 Å². The van der Waals surface area contributed by atoms with Gasteiger partial charge in [0.05, 0.1) is 13.2 Å². The van der Waals surface area contributed by atoms with E-state index in [-0.39, 0.29) is 19.4 Å². The second kappa shape index (κ2) is 34.6. The van der Waals surface area contributed by atoms with E-state index in [4.69, 9.17) is 24.8 Å². The van der Waals surface area contributed by atoms with E-state index in [1.54, 1.807) is 0 Å². The molecule has 0 radical (unpaired) electrons. The largest absolute Gasteiger partial charge is 0.480 e. The van der Waals surface area contributed by atoms with Crippen molar-refractivity contribution in [3.63, 3.8) is 0 Å². The van der Waals surface area contributed by atoms with Crippen LogP contribution in [0.2, 0.25) is 0 Å². The Morgan fingerprint density at radius 2 is 0.880 bits per heavy atom. The van der Waals surface area contributed by atoms with Crippen molar-refractivity contribution in [2.75, 3.05) is 19.8 Å². The second-order valence-corrected chi connectivity index (χ2v) is 15.2. The summed E-state index contributed by atoms with van der Waals surface area (Å²) in [4.78, 5) is 45.7. The van der Waals surface area contributed by atoms with Crippen molar-refractivity contribution in [2.24, 2.45) is 5.73 Å². The van der Waals surface area contributed by atoms with Crippen LogP contribution >= 0.6 is 7.82 Å². The molecule has 50 heavy (non-hydrogen) atoms. The van der Waals surface area contributed by atoms with Crippen LogP contribution < -0.4 is 5.73 Å². The molecule has 0 heterocycles. The van der Waals surface area contributed by atoms with Crippen molar-refractivity contribution in [3.05, 3.63) is 0 Å². The molecule has 11 nitrogen and oxygen atoms in total. The molecule has 296 valence electrons. The fourth-order valence-electron chi connectivity index (χ4n) is 5.65. The lowest BCUT2D eigenvalue weighted by atomic mass is 10.0. The van der Waals surface area contributed by atoms with Crippen LogP contribution in [0.25, 0.3) is 0 Å². The molecule has 0 aromatic heterocycles. The van der Waals surface area contributed by atoms with Crippen LogP contribution in [-0.2, 0) is 37.5 Å². The van der Waals surface area contributed by atoms with Crippen LogP contribution in [0.15, 0.2) is 0 Å². The molecular formula is C38H74NO10P. The summed E-state index contributed by atoms with van der Waals surface area (Å²) in [6.07, 6.45) is 30.2. The molecule has 0 aliphatic rings. The quantitative estimate of drug-likeness (QED) is 0.0313. The predicted molar refractivity (Wildman–Crippen MR) is 199 cm³/mol. The minimum Gasteiger partial charge on any atom is -0.480 e. The maximum Gasteiger partial charge on any atom is 0.472 e. The first kappa shape index (κ1) is 48.5. The summed E-state index contributed by atoms with van der Waals surface area (Å²) in [5.74, 6) is -2.36. The summed E-state index contributed by atoms with van der Waals surface area (Å²) in [6, 6.07) is -1.51. The zero-order chi connectivity index (χ0) is 37.1. The molecule has 3 unspecified atom stereocenters. The highest BCUT2D eigenvalue weighted by Crippen LogP contribution is 2.43. The fraction of sp³-hybridized carbons (Fsp3) is 0.921. The third-order valence-corrected chi connectivity index (χ3v) is 9.81. The number of phosphoric ester groups is 1. The van der Waals surface area contributed by atoms with Gasteiger partial charge in [0.15, 0.2) is 6.10 Å². The number of esters is 2. The highest BCUT2D eigenvalue weighted by atomic mass is 31.2. The van der Waals surface area contributed by atoms with Gasteiger partial charge >= 0.3 is 25.7 Å². The van der Waals surface area contributed by atoms with E-state index in [2.05, 4.69) is 18.4 Å².